The maximum absolute atomic E-state index is 3.43. The summed E-state index contributed by atoms with van der Waals surface area (Å²) in [6.07, 6.45) is 5.38. The molecule has 0 aromatic heterocycles. The Morgan fingerprint density at radius 2 is 2.07 bits per heavy atom. The van der Waals surface area contributed by atoms with Crippen LogP contribution in [0, 0.1) is 5.92 Å². The number of piperidine rings is 1. The van der Waals surface area contributed by atoms with E-state index in [1.165, 1.54) is 45.3 Å². The predicted octanol–water partition coefficient (Wildman–Crippen LogP) is 2.11. The van der Waals surface area contributed by atoms with Crippen molar-refractivity contribution < 1.29 is 0 Å². The first-order valence-corrected chi connectivity index (χ1v) is 6.19. The van der Waals surface area contributed by atoms with Crippen LogP contribution in [0.2, 0.25) is 0 Å². The van der Waals surface area contributed by atoms with Crippen LogP contribution in [0.25, 0.3) is 0 Å². The third-order valence-corrected chi connectivity index (χ3v) is 3.43. The molecule has 1 N–H and O–H groups in total. The van der Waals surface area contributed by atoms with Crippen LogP contribution in [-0.2, 0) is 0 Å². The van der Waals surface area contributed by atoms with Gasteiger partial charge in [-0.05, 0) is 32.4 Å². The number of hydrogen-bond donors (Lipinski definition) is 1. The highest BCUT2D eigenvalue weighted by Gasteiger charge is 2.24. The van der Waals surface area contributed by atoms with Gasteiger partial charge in [0, 0.05) is 19.1 Å². The Hall–Kier alpha value is -0.0800. The summed E-state index contributed by atoms with van der Waals surface area (Å²) in [6.45, 7) is 8.48. The zero-order valence-corrected chi connectivity index (χ0v) is 10.1. The fourth-order valence-corrected chi connectivity index (χ4v) is 2.37. The third kappa shape index (κ3) is 3.58. The van der Waals surface area contributed by atoms with E-state index < -0.39 is 0 Å². The molecular weight excluding hydrogens is 172 g/mol. The molecule has 1 saturated heterocycles. The molecule has 14 heavy (non-hydrogen) atoms. The van der Waals surface area contributed by atoms with Gasteiger partial charge in [-0.2, -0.15) is 0 Å². The van der Waals surface area contributed by atoms with Gasteiger partial charge in [0.15, 0.2) is 0 Å². The van der Waals surface area contributed by atoms with E-state index in [2.05, 4.69) is 31.1 Å². The Labute approximate surface area is 89.1 Å². The van der Waals surface area contributed by atoms with E-state index in [0.717, 1.165) is 12.0 Å². The number of nitrogens with zero attached hydrogens (tertiary/aromatic N) is 1. The van der Waals surface area contributed by atoms with E-state index in [1.54, 1.807) is 0 Å². The van der Waals surface area contributed by atoms with Crippen LogP contribution in [0.5, 0.6) is 0 Å². The lowest BCUT2D eigenvalue weighted by Gasteiger charge is -2.37. The minimum absolute atomic E-state index is 0.727. The van der Waals surface area contributed by atoms with Gasteiger partial charge in [-0.25, -0.2) is 0 Å². The Morgan fingerprint density at radius 3 is 2.64 bits per heavy atom. The molecule has 1 rings (SSSR count). The second-order valence-electron chi connectivity index (χ2n) is 4.61. The summed E-state index contributed by atoms with van der Waals surface area (Å²) >= 11 is 0. The summed E-state index contributed by atoms with van der Waals surface area (Å²) in [4.78, 5) is 2.64. The summed E-state index contributed by atoms with van der Waals surface area (Å²) in [5.74, 6) is 0.915. The Balaban J connectivity index is 2.35. The van der Waals surface area contributed by atoms with Crippen LogP contribution >= 0.6 is 0 Å². The number of likely N-dealkylation sites (tertiary alicyclic amines) is 1. The second kappa shape index (κ2) is 6.41. The van der Waals surface area contributed by atoms with E-state index in [0.29, 0.717) is 0 Å². The number of likely N-dealkylation sites (N-methyl/N-ethyl adjacent to an activating group) is 1. The molecule has 84 valence electrons. The number of unbranched alkanes of at least 4 members (excludes halogenated alkanes) is 1. The molecule has 0 aromatic carbocycles. The Bertz CT molecular complexity index is 135. The van der Waals surface area contributed by atoms with Crippen molar-refractivity contribution in [2.45, 2.75) is 45.6 Å². The number of rotatable bonds is 5. The van der Waals surface area contributed by atoms with Crippen molar-refractivity contribution in [2.24, 2.45) is 5.92 Å². The lowest BCUT2D eigenvalue weighted by molar-refractivity contribution is 0.140. The van der Waals surface area contributed by atoms with Crippen LogP contribution in [0.1, 0.15) is 39.5 Å². The molecule has 0 aromatic rings. The lowest BCUT2D eigenvalue weighted by Crippen LogP contribution is -2.48. The summed E-state index contributed by atoms with van der Waals surface area (Å²) in [5, 5.41) is 3.43. The van der Waals surface area contributed by atoms with Crippen molar-refractivity contribution in [1.29, 1.82) is 0 Å². The minimum atomic E-state index is 0.727. The first-order valence-electron chi connectivity index (χ1n) is 6.19. The molecule has 0 spiro atoms. The van der Waals surface area contributed by atoms with E-state index in [1.807, 2.05) is 0 Å². The monoisotopic (exact) mass is 198 g/mol. The van der Waals surface area contributed by atoms with Crippen LogP contribution in [0.4, 0.5) is 0 Å². The molecule has 0 amide bonds. The zero-order chi connectivity index (χ0) is 10.4. The van der Waals surface area contributed by atoms with Gasteiger partial charge in [0.25, 0.3) is 0 Å². The summed E-state index contributed by atoms with van der Waals surface area (Å²) in [6, 6.07) is 0.727. The molecule has 2 unspecified atom stereocenters. The summed E-state index contributed by atoms with van der Waals surface area (Å²) < 4.78 is 0. The van der Waals surface area contributed by atoms with E-state index in [9.17, 15) is 0 Å². The smallest absolute Gasteiger partial charge is 0.0195 e. The predicted molar refractivity (Wildman–Crippen MR) is 62.6 cm³/mol. The SMILES string of the molecule is CCCCN1CC(CC)CC(NC)C1. The van der Waals surface area contributed by atoms with Gasteiger partial charge >= 0.3 is 0 Å². The van der Waals surface area contributed by atoms with E-state index in [-0.39, 0.29) is 0 Å². The van der Waals surface area contributed by atoms with Crippen molar-refractivity contribution in [2.75, 3.05) is 26.7 Å². The molecule has 1 aliphatic heterocycles. The number of nitrogens with one attached hydrogen (secondary N) is 1. The average Bonchev–Trinajstić information content (AvgIpc) is 2.25. The van der Waals surface area contributed by atoms with Crippen LogP contribution < -0.4 is 5.32 Å². The number of hydrogen-bond acceptors (Lipinski definition) is 2. The largest absolute Gasteiger partial charge is 0.316 e. The van der Waals surface area contributed by atoms with Gasteiger partial charge in [-0.3, -0.25) is 0 Å². The van der Waals surface area contributed by atoms with Crippen LogP contribution in [-0.4, -0.2) is 37.6 Å². The molecule has 0 aliphatic carbocycles. The molecule has 2 heteroatoms. The molecule has 0 saturated carbocycles. The summed E-state index contributed by atoms with van der Waals surface area (Å²) in [5.41, 5.74) is 0. The molecule has 0 bridgehead atoms. The lowest BCUT2D eigenvalue weighted by atomic mass is 9.92. The Morgan fingerprint density at radius 1 is 1.29 bits per heavy atom. The average molecular weight is 198 g/mol. The molecule has 0 radical (unpaired) electrons. The first-order chi connectivity index (χ1) is 6.80. The Kier molecular flexibility index (Phi) is 5.49. The third-order valence-electron chi connectivity index (χ3n) is 3.43. The molecule has 1 aliphatic rings. The molecular formula is C12H26N2. The first kappa shape index (κ1) is 12.0. The maximum Gasteiger partial charge on any atom is 0.0195 e. The normalized spacial score (nSPS) is 29.4. The second-order valence-corrected chi connectivity index (χ2v) is 4.61. The molecule has 1 fully saturated rings. The van der Waals surface area contributed by atoms with Crippen LogP contribution in [0.15, 0.2) is 0 Å². The molecule has 1 heterocycles. The van der Waals surface area contributed by atoms with Gasteiger partial charge in [-0.1, -0.05) is 26.7 Å². The highest BCUT2D eigenvalue weighted by Crippen LogP contribution is 2.19. The van der Waals surface area contributed by atoms with Crippen molar-refractivity contribution in [3.63, 3.8) is 0 Å². The highest BCUT2D eigenvalue weighted by molar-refractivity contribution is 4.81. The summed E-state index contributed by atoms with van der Waals surface area (Å²) in [7, 11) is 2.10. The minimum Gasteiger partial charge on any atom is -0.316 e. The van der Waals surface area contributed by atoms with Crippen molar-refractivity contribution in [3.05, 3.63) is 0 Å². The van der Waals surface area contributed by atoms with Crippen LogP contribution in [0.3, 0.4) is 0 Å². The van der Waals surface area contributed by atoms with Gasteiger partial charge in [0.2, 0.25) is 0 Å². The standard InChI is InChI=1S/C12H26N2/c1-4-6-7-14-9-11(5-2)8-12(10-14)13-3/h11-13H,4-10H2,1-3H3. The zero-order valence-electron chi connectivity index (χ0n) is 10.1. The molecule has 2 atom stereocenters. The van der Waals surface area contributed by atoms with Crippen molar-refractivity contribution in [1.82, 2.24) is 10.2 Å². The van der Waals surface area contributed by atoms with E-state index >= 15 is 0 Å². The van der Waals surface area contributed by atoms with Gasteiger partial charge in [0.1, 0.15) is 0 Å². The topological polar surface area (TPSA) is 15.3 Å². The van der Waals surface area contributed by atoms with Gasteiger partial charge in [0.05, 0.1) is 0 Å². The van der Waals surface area contributed by atoms with Crippen molar-refractivity contribution >= 4 is 0 Å². The van der Waals surface area contributed by atoms with E-state index in [4.69, 9.17) is 0 Å². The quantitative estimate of drug-likeness (QED) is 0.728. The van der Waals surface area contributed by atoms with Crippen molar-refractivity contribution in [3.8, 4) is 0 Å². The van der Waals surface area contributed by atoms with Gasteiger partial charge < -0.3 is 10.2 Å². The fraction of sp³-hybridized carbons (Fsp3) is 1.00. The maximum atomic E-state index is 3.43. The fourth-order valence-electron chi connectivity index (χ4n) is 2.37. The highest BCUT2D eigenvalue weighted by atomic mass is 15.2. The van der Waals surface area contributed by atoms with Gasteiger partial charge in [-0.15, -0.1) is 0 Å². The molecule has 2 nitrogen and oxygen atoms in total.